The van der Waals surface area contributed by atoms with Crippen LogP contribution in [0.5, 0.6) is 0 Å². The first-order valence-corrected chi connectivity index (χ1v) is 8.05. The molecule has 0 bridgehead atoms. The Bertz CT molecular complexity index is 486. The molecule has 0 aromatic carbocycles. The van der Waals surface area contributed by atoms with Crippen molar-refractivity contribution in [3.63, 3.8) is 0 Å². The maximum Gasteiger partial charge on any atom is 0.193 e. The molecule has 0 saturated carbocycles. The van der Waals surface area contributed by atoms with Gasteiger partial charge in [-0.2, -0.15) is 0 Å². The standard InChI is InChI=1S/C15H25N3S/c1-5-6-15(4,11-16-12(2)3)9-13-10-18-7-8-19-14(18)17-13/h7-8,10,12,16H,5-6,9,11H2,1-4H3. The van der Waals surface area contributed by atoms with Crippen LogP contribution in [0.25, 0.3) is 4.96 Å². The molecule has 1 N–H and O–H groups in total. The van der Waals surface area contributed by atoms with E-state index in [1.54, 1.807) is 11.3 Å². The Hall–Kier alpha value is -0.870. The van der Waals surface area contributed by atoms with Gasteiger partial charge in [0.15, 0.2) is 4.96 Å². The summed E-state index contributed by atoms with van der Waals surface area (Å²) in [4.78, 5) is 5.82. The zero-order chi connectivity index (χ0) is 13.9. The predicted molar refractivity (Wildman–Crippen MR) is 82.9 cm³/mol. The van der Waals surface area contributed by atoms with Crippen LogP contribution in [-0.2, 0) is 6.42 Å². The Labute approximate surface area is 120 Å². The molecule has 3 nitrogen and oxygen atoms in total. The summed E-state index contributed by atoms with van der Waals surface area (Å²) in [6.45, 7) is 10.1. The van der Waals surface area contributed by atoms with E-state index < -0.39 is 0 Å². The minimum atomic E-state index is 0.295. The molecule has 1 atom stereocenters. The second kappa shape index (κ2) is 6.06. The van der Waals surface area contributed by atoms with Crippen LogP contribution < -0.4 is 5.32 Å². The maximum atomic E-state index is 4.72. The molecular formula is C15H25N3S. The van der Waals surface area contributed by atoms with Gasteiger partial charge in [-0.3, -0.25) is 4.40 Å². The quantitative estimate of drug-likeness (QED) is 0.836. The van der Waals surface area contributed by atoms with Crippen molar-refractivity contribution in [1.82, 2.24) is 14.7 Å². The zero-order valence-corrected chi connectivity index (χ0v) is 13.3. The van der Waals surface area contributed by atoms with Gasteiger partial charge in [-0.25, -0.2) is 4.98 Å². The van der Waals surface area contributed by atoms with Crippen LogP contribution >= 0.6 is 11.3 Å². The van der Waals surface area contributed by atoms with Gasteiger partial charge in [-0.05, 0) is 18.3 Å². The second-order valence-corrected chi connectivity index (χ2v) is 6.97. The van der Waals surface area contributed by atoms with E-state index in [1.807, 2.05) is 0 Å². The number of nitrogens with zero attached hydrogens (tertiary/aromatic N) is 2. The van der Waals surface area contributed by atoms with E-state index in [9.17, 15) is 0 Å². The lowest BCUT2D eigenvalue weighted by atomic mass is 9.81. The molecule has 2 aromatic rings. The van der Waals surface area contributed by atoms with Crippen molar-refractivity contribution in [2.24, 2.45) is 5.41 Å². The molecule has 0 radical (unpaired) electrons. The molecule has 4 heteroatoms. The summed E-state index contributed by atoms with van der Waals surface area (Å²) < 4.78 is 2.13. The summed E-state index contributed by atoms with van der Waals surface area (Å²) in [5, 5.41) is 5.67. The van der Waals surface area contributed by atoms with Gasteiger partial charge in [0, 0.05) is 30.4 Å². The van der Waals surface area contributed by atoms with E-state index in [-0.39, 0.29) is 0 Å². The van der Waals surface area contributed by atoms with Crippen molar-refractivity contribution < 1.29 is 0 Å². The first kappa shape index (κ1) is 14.5. The Balaban J connectivity index is 2.08. The van der Waals surface area contributed by atoms with Crippen molar-refractivity contribution in [3.05, 3.63) is 23.5 Å². The Morgan fingerprint density at radius 3 is 2.89 bits per heavy atom. The van der Waals surface area contributed by atoms with Gasteiger partial charge >= 0.3 is 0 Å². The molecule has 0 spiro atoms. The molecule has 0 aliphatic carbocycles. The number of imidazole rings is 1. The molecule has 0 aliphatic heterocycles. The number of thiazole rings is 1. The molecule has 1 unspecified atom stereocenters. The summed E-state index contributed by atoms with van der Waals surface area (Å²) in [7, 11) is 0. The lowest BCUT2D eigenvalue weighted by Gasteiger charge is -2.30. The van der Waals surface area contributed by atoms with Gasteiger partial charge in [-0.15, -0.1) is 11.3 Å². The Kier molecular flexibility index (Phi) is 4.63. The van der Waals surface area contributed by atoms with Crippen molar-refractivity contribution in [2.45, 2.75) is 53.0 Å². The molecule has 19 heavy (non-hydrogen) atoms. The van der Waals surface area contributed by atoms with E-state index in [2.05, 4.69) is 55.2 Å². The van der Waals surface area contributed by atoms with Gasteiger partial charge < -0.3 is 5.32 Å². The van der Waals surface area contributed by atoms with E-state index in [0.29, 0.717) is 11.5 Å². The van der Waals surface area contributed by atoms with E-state index >= 15 is 0 Å². The second-order valence-electron chi connectivity index (χ2n) is 6.10. The summed E-state index contributed by atoms with van der Waals surface area (Å²) in [6, 6.07) is 0.543. The van der Waals surface area contributed by atoms with E-state index in [0.717, 1.165) is 17.9 Å². The molecular weight excluding hydrogens is 254 g/mol. The van der Waals surface area contributed by atoms with Crippen LogP contribution in [0.15, 0.2) is 17.8 Å². The van der Waals surface area contributed by atoms with Gasteiger partial charge in [0.1, 0.15) is 0 Å². The van der Waals surface area contributed by atoms with Crippen molar-refractivity contribution in [2.75, 3.05) is 6.54 Å². The third-order valence-electron chi connectivity index (χ3n) is 3.54. The van der Waals surface area contributed by atoms with Gasteiger partial charge in [0.2, 0.25) is 0 Å². The highest BCUT2D eigenvalue weighted by molar-refractivity contribution is 7.15. The zero-order valence-electron chi connectivity index (χ0n) is 12.4. The lowest BCUT2D eigenvalue weighted by molar-refractivity contribution is 0.265. The van der Waals surface area contributed by atoms with Crippen LogP contribution in [0.4, 0.5) is 0 Å². The Morgan fingerprint density at radius 2 is 2.26 bits per heavy atom. The first-order chi connectivity index (χ1) is 9.02. The van der Waals surface area contributed by atoms with Crippen molar-refractivity contribution in [3.8, 4) is 0 Å². The van der Waals surface area contributed by atoms with Crippen molar-refractivity contribution in [1.29, 1.82) is 0 Å². The normalized spacial score (nSPS) is 15.2. The summed E-state index contributed by atoms with van der Waals surface area (Å²) >= 11 is 1.70. The number of nitrogens with one attached hydrogen (secondary N) is 1. The third kappa shape index (κ3) is 3.80. The number of hydrogen-bond donors (Lipinski definition) is 1. The number of hydrogen-bond acceptors (Lipinski definition) is 3. The van der Waals surface area contributed by atoms with Crippen LogP contribution in [0.2, 0.25) is 0 Å². The van der Waals surface area contributed by atoms with Gasteiger partial charge in [-0.1, -0.05) is 34.1 Å². The molecule has 2 rings (SSSR count). The topological polar surface area (TPSA) is 29.3 Å². The smallest absolute Gasteiger partial charge is 0.193 e. The summed E-state index contributed by atoms with van der Waals surface area (Å²) in [5.74, 6) is 0. The minimum absolute atomic E-state index is 0.295. The van der Waals surface area contributed by atoms with Gasteiger partial charge in [0.25, 0.3) is 0 Å². The molecule has 0 aliphatic rings. The highest BCUT2D eigenvalue weighted by atomic mass is 32.1. The highest BCUT2D eigenvalue weighted by Gasteiger charge is 2.25. The summed E-state index contributed by atoms with van der Waals surface area (Å²) in [5.41, 5.74) is 1.51. The maximum absolute atomic E-state index is 4.72. The molecule has 106 valence electrons. The van der Waals surface area contributed by atoms with Crippen LogP contribution in [0.3, 0.4) is 0 Å². The average Bonchev–Trinajstić information content (AvgIpc) is 2.87. The minimum Gasteiger partial charge on any atom is -0.314 e. The molecule has 0 saturated heterocycles. The van der Waals surface area contributed by atoms with Gasteiger partial charge in [0.05, 0.1) is 5.69 Å². The van der Waals surface area contributed by atoms with Crippen LogP contribution in [0, 0.1) is 5.41 Å². The first-order valence-electron chi connectivity index (χ1n) is 7.17. The Morgan fingerprint density at radius 1 is 1.47 bits per heavy atom. The average molecular weight is 279 g/mol. The fraction of sp³-hybridized carbons (Fsp3) is 0.667. The molecule has 2 aromatic heterocycles. The fourth-order valence-corrected chi connectivity index (χ4v) is 3.31. The summed E-state index contributed by atoms with van der Waals surface area (Å²) in [6.07, 6.45) is 7.76. The van der Waals surface area contributed by atoms with Crippen LogP contribution in [-0.4, -0.2) is 22.0 Å². The van der Waals surface area contributed by atoms with E-state index in [1.165, 1.54) is 18.5 Å². The molecule has 0 fully saturated rings. The van der Waals surface area contributed by atoms with Crippen molar-refractivity contribution >= 4 is 16.3 Å². The lowest BCUT2D eigenvalue weighted by Crippen LogP contribution is -2.37. The monoisotopic (exact) mass is 279 g/mol. The molecule has 2 heterocycles. The van der Waals surface area contributed by atoms with Crippen LogP contribution in [0.1, 0.15) is 46.2 Å². The number of fused-ring (bicyclic) bond motifs is 1. The number of rotatable bonds is 7. The van der Waals surface area contributed by atoms with E-state index in [4.69, 9.17) is 4.98 Å². The highest BCUT2D eigenvalue weighted by Crippen LogP contribution is 2.28. The molecule has 0 amide bonds. The fourth-order valence-electron chi connectivity index (χ4n) is 2.59. The number of aromatic nitrogens is 2. The predicted octanol–water partition coefficient (Wildman–Crippen LogP) is 3.74. The third-order valence-corrected chi connectivity index (χ3v) is 4.31. The SMILES string of the molecule is CCCC(C)(CNC(C)C)Cc1cn2ccsc2n1. The largest absolute Gasteiger partial charge is 0.314 e.